The molecule has 0 spiro atoms. The van der Waals surface area contributed by atoms with Crippen molar-refractivity contribution >= 4 is 5.91 Å². The topological polar surface area (TPSA) is 74.1 Å². The number of hydrogen-bond acceptors (Lipinski definition) is 4. The van der Waals surface area contributed by atoms with Gasteiger partial charge in [-0.2, -0.15) is 31.6 Å². The number of hydrogen-bond donors (Lipinski definition) is 2. The first kappa shape index (κ1) is 25.4. The van der Waals surface area contributed by atoms with Gasteiger partial charge >= 0.3 is 12.4 Å². The van der Waals surface area contributed by atoms with Crippen LogP contribution in [0.3, 0.4) is 0 Å². The van der Waals surface area contributed by atoms with E-state index in [4.69, 9.17) is 10.00 Å². The van der Waals surface area contributed by atoms with Gasteiger partial charge in [0.1, 0.15) is 18.4 Å². The van der Waals surface area contributed by atoms with Gasteiger partial charge in [-0.1, -0.05) is 18.2 Å². The van der Waals surface area contributed by atoms with Crippen LogP contribution in [-0.2, 0) is 17.5 Å². The molecule has 5 nitrogen and oxygen atoms in total. The predicted octanol–water partition coefficient (Wildman–Crippen LogP) is 4.67. The summed E-state index contributed by atoms with van der Waals surface area (Å²) in [5.74, 6) is -1.06. The Morgan fingerprint density at radius 2 is 1.82 bits per heavy atom. The first-order valence-electron chi connectivity index (χ1n) is 10.3. The van der Waals surface area contributed by atoms with Gasteiger partial charge in [0, 0.05) is 25.4 Å². The number of halogens is 6. The smallest absolute Gasteiger partial charge is 0.417 e. The molecule has 1 amide bonds. The van der Waals surface area contributed by atoms with Gasteiger partial charge in [0.15, 0.2) is 0 Å². The molecule has 11 heteroatoms. The molecule has 2 N–H and O–H groups in total. The number of carbonyl (C=O) groups excluding carboxylic acids is 1. The fraction of sp³-hybridized carbons (Fsp3) is 0.391. The second kappa shape index (κ2) is 9.93. The van der Waals surface area contributed by atoms with E-state index in [0.717, 1.165) is 17.7 Å². The summed E-state index contributed by atoms with van der Waals surface area (Å²) < 4.78 is 86.5. The van der Waals surface area contributed by atoms with Crippen LogP contribution in [0.5, 0.6) is 5.75 Å². The minimum absolute atomic E-state index is 0.103. The summed E-state index contributed by atoms with van der Waals surface area (Å²) in [6, 6.07) is 7.89. The van der Waals surface area contributed by atoms with Gasteiger partial charge < -0.3 is 10.1 Å². The Morgan fingerprint density at radius 3 is 2.38 bits per heavy atom. The number of nitrogens with zero attached hydrogens (tertiary/aromatic N) is 1. The molecule has 3 atom stereocenters. The highest BCUT2D eigenvalue weighted by Gasteiger charge is 2.51. The van der Waals surface area contributed by atoms with Crippen LogP contribution >= 0.6 is 0 Å². The lowest BCUT2D eigenvalue weighted by atomic mass is 9.88. The normalized spacial score (nSPS) is 20.6. The Bertz CT molecular complexity index is 1060. The fourth-order valence-corrected chi connectivity index (χ4v) is 3.90. The van der Waals surface area contributed by atoms with Crippen molar-refractivity contribution < 1.29 is 35.9 Å². The Labute approximate surface area is 191 Å². The van der Waals surface area contributed by atoms with Gasteiger partial charge in [-0.3, -0.25) is 10.1 Å². The van der Waals surface area contributed by atoms with Gasteiger partial charge in [0.25, 0.3) is 0 Å². The Balaban J connectivity index is 1.73. The molecule has 0 radical (unpaired) electrons. The van der Waals surface area contributed by atoms with E-state index >= 15 is 0 Å². The highest BCUT2D eigenvalue weighted by Crippen LogP contribution is 2.42. The van der Waals surface area contributed by atoms with E-state index in [1.807, 2.05) is 0 Å². The molecule has 2 aromatic rings. The summed E-state index contributed by atoms with van der Waals surface area (Å²) in [5, 5.41) is 14.0. The lowest BCUT2D eigenvalue weighted by Crippen LogP contribution is -2.44. The van der Waals surface area contributed by atoms with Crippen LogP contribution < -0.4 is 15.4 Å². The monoisotopic (exact) mass is 485 g/mol. The SMILES string of the molecule is CC(=O)NCc1ccc(OCC2CC(c3ccc(C#N)c(C(F)(F)F)c3)C(C(F)(F)F)N2)cc1. The molecule has 3 unspecified atom stereocenters. The van der Waals surface area contributed by atoms with Crippen LogP contribution in [0.4, 0.5) is 26.3 Å². The van der Waals surface area contributed by atoms with E-state index in [2.05, 4.69) is 10.6 Å². The average molecular weight is 485 g/mol. The zero-order valence-electron chi connectivity index (χ0n) is 17.9. The summed E-state index contributed by atoms with van der Waals surface area (Å²) in [6.07, 6.45) is -9.67. The summed E-state index contributed by atoms with van der Waals surface area (Å²) >= 11 is 0. The highest BCUT2D eigenvalue weighted by atomic mass is 19.4. The first-order valence-corrected chi connectivity index (χ1v) is 10.3. The quantitative estimate of drug-likeness (QED) is 0.584. The summed E-state index contributed by atoms with van der Waals surface area (Å²) in [6.45, 7) is 1.57. The highest BCUT2D eigenvalue weighted by molar-refractivity contribution is 5.72. The van der Waals surface area contributed by atoms with Crippen LogP contribution in [0.15, 0.2) is 42.5 Å². The van der Waals surface area contributed by atoms with E-state index in [0.29, 0.717) is 18.4 Å². The average Bonchev–Trinajstić information content (AvgIpc) is 3.21. The third kappa shape index (κ3) is 6.20. The number of nitriles is 1. The summed E-state index contributed by atoms with van der Waals surface area (Å²) in [5.41, 5.74) is -1.24. The van der Waals surface area contributed by atoms with E-state index < -0.39 is 41.5 Å². The maximum atomic E-state index is 13.7. The van der Waals surface area contributed by atoms with Crippen molar-refractivity contribution in [2.45, 2.75) is 50.2 Å². The van der Waals surface area contributed by atoms with E-state index in [1.54, 1.807) is 24.3 Å². The summed E-state index contributed by atoms with van der Waals surface area (Å²) in [7, 11) is 0. The lowest BCUT2D eigenvalue weighted by molar-refractivity contribution is -0.156. The minimum Gasteiger partial charge on any atom is -0.492 e. The van der Waals surface area contributed by atoms with Gasteiger partial charge in [-0.15, -0.1) is 0 Å². The molecule has 0 aromatic heterocycles. The van der Waals surface area contributed by atoms with Crippen LogP contribution in [0.2, 0.25) is 0 Å². The predicted molar refractivity (Wildman–Crippen MR) is 110 cm³/mol. The number of ether oxygens (including phenoxy) is 1. The summed E-state index contributed by atoms with van der Waals surface area (Å²) in [4.78, 5) is 11.0. The van der Waals surface area contributed by atoms with Gasteiger partial charge in [-0.05, 0) is 41.8 Å². The molecular formula is C23H21F6N3O2. The molecule has 1 heterocycles. The number of rotatable bonds is 6. The maximum absolute atomic E-state index is 13.7. The van der Waals surface area contributed by atoms with Gasteiger partial charge in [0.2, 0.25) is 5.91 Å². The van der Waals surface area contributed by atoms with E-state index in [1.165, 1.54) is 13.0 Å². The van der Waals surface area contributed by atoms with Crippen LogP contribution in [0.25, 0.3) is 0 Å². The van der Waals surface area contributed by atoms with Crippen LogP contribution in [-0.4, -0.2) is 30.8 Å². The minimum atomic E-state index is -4.87. The van der Waals surface area contributed by atoms with Crippen molar-refractivity contribution in [1.82, 2.24) is 10.6 Å². The number of nitrogens with one attached hydrogen (secondary N) is 2. The molecule has 0 saturated carbocycles. The second-order valence-corrected chi connectivity index (χ2v) is 8.00. The molecule has 0 bridgehead atoms. The second-order valence-electron chi connectivity index (χ2n) is 8.00. The molecular weight excluding hydrogens is 464 g/mol. The van der Waals surface area contributed by atoms with Crippen molar-refractivity contribution in [1.29, 1.82) is 5.26 Å². The van der Waals surface area contributed by atoms with Crippen molar-refractivity contribution in [3.63, 3.8) is 0 Å². The molecule has 34 heavy (non-hydrogen) atoms. The van der Waals surface area contributed by atoms with Gasteiger partial charge in [0.05, 0.1) is 17.2 Å². The number of carbonyl (C=O) groups is 1. The Kier molecular flexibility index (Phi) is 7.41. The Morgan fingerprint density at radius 1 is 1.15 bits per heavy atom. The van der Waals surface area contributed by atoms with Crippen molar-refractivity contribution in [2.24, 2.45) is 0 Å². The zero-order valence-corrected chi connectivity index (χ0v) is 17.9. The number of amides is 1. The molecule has 1 aliphatic rings. The molecule has 2 aromatic carbocycles. The van der Waals surface area contributed by atoms with Crippen molar-refractivity contribution in [3.05, 3.63) is 64.7 Å². The third-order valence-corrected chi connectivity index (χ3v) is 5.52. The van der Waals surface area contributed by atoms with Crippen molar-refractivity contribution in [3.8, 4) is 11.8 Å². The van der Waals surface area contributed by atoms with Crippen LogP contribution in [0.1, 0.15) is 41.5 Å². The Hall–Kier alpha value is -3.26. The fourth-order valence-electron chi connectivity index (χ4n) is 3.90. The van der Waals surface area contributed by atoms with Crippen molar-refractivity contribution in [2.75, 3.05) is 6.61 Å². The zero-order chi connectivity index (χ0) is 25.1. The molecule has 3 rings (SSSR count). The molecule has 1 fully saturated rings. The van der Waals surface area contributed by atoms with E-state index in [-0.39, 0.29) is 24.5 Å². The van der Waals surface area contributed by atoms with Crippen LogP contribution in [0, 0.1) is 11.3 Å². The first-order chi connectivity index (χ1) is 15.9. The lowest BCUT2D eigenvalue weighted by Gasteiger charge is -2.23. The number of benzene rings is 2. The maximum Gasteiger partial charge on any atom is 0.417 e. The molecule has 1 saturated heterocycles. The largest absolute Gasteiger partial charge is 0.492 e. The molecule has 1 aliphatic heterocycles. The van der Waals surface area contributed by atoms with E-state index in [9.17, 15) is 31.1 Å². The molecule has 182 valence electrons. The van der Waals surface area contributed by atoms with Gasteiger partial charge in [-0.25, -0.2) is 0 Å². The third-order valence-electron chi connectivity index (χ3n) is 5.52. The number of alkyl halides is 6. The standard InChI is InChI=1S/C23H21F6N3O2/c1-13(33)31-11-14-2-6-18(7-3-14)34-12-17-9-19(21(32-17)23(27,28)29)15-4-5-16(10-30)20(8-15)22(24,25)26/h2-8,17,19,21,32H,9,11-12H2,1H3,(H,31,33). The molecule has 0 aliphatic carbocycles.